The zero-order chi connectivity index (χ0) is 7.82. The van der Waals surface area contributed by atoms with Crippen molar-refractivity contribution in [3.8, 4) is 0 Å². The van der Waals surface area contributed by atoms with Crippen molar-refractivity contribution in [2.45, 2.75) is 26.7 Å². The predicted molar refractivity (Wildman–Crippen MR) is 44.8 cm³/mol. The molecule has 10 heavy (non-hydrogen) atoms. The smallest absolute Gasteiger partial charge is 0.0889 e. The van der Waals surface area contributed by atoms with Crippen LogP contribution in [0.15, 0.2) is 24.5 Å². The summed E-state index contributed by atoms with van der Waals surface area (Å²) in [6.45, 7) is 8.36. The summed E-state index contributed by atoms with van der Waals surface area (Å²) in [7, 11) is 0. The molecule has 0 aromatic heterocycles. The second-order valence-corrected chi connectivity index (χ2v) is 2.11. The van der Waals surface area contributed by atoms with Crippen LogP contribution >= 0.6 is 0 Å². The summed E-state index contributed by atoms with van der Waals surface area (Å²) in [6.07, 6.45) is 6.07. The Morgan fingerprint density at radius 2 is 2.20 bits per heavy atom. The molecule has 1 heteroatoms. The topological polar surface area (TPSA) is 9.23 Å². The van der Waals surface area contributed by atoms with E-state index in [9.17, 15) is 0 Å². The maximum Gasteiger partial charge on any atom is 0.0889 e. The molecule has 0 aromatic rings. The third-order valence-electron chi connectivity index (χ3n) is 1.17. The van der Waals surface area contributed by atoms with Crippen molar-refractivity contribution in [3.63, 3.8) is 0 Å². The van der Waals surface area contributed by atoms with Crippen LogP contribution in [-0.4, -0.2) is 6.61 Å². The van der Waals surface area contributed by atoms with Crippen molar-refractivity contribution in [3.05, 3.63) is 24.5 Å². The maximum absolute atomic E-state index is 5.22. The Morgan fingerprint density at radius 3 is 2.70 bits per heavy atom. The first-order valence-corrected chi connectivity index (χ1v) is 3.71. The minimum absolute atomic E-state index is 0.760. The summed E-state index contributed by atoms with van der Waals surface area (Å²) in [5.74, 6) is 1.02. The first-order valence-electron chi connectivity index (χ1n) is 3.71. The van der Waals surface area contributed by atoms with Crippen LogP contribution < -0.4 is 0 Å². The predicted octanol–water partition coefficient (Wildman–Crippen LogP) is 2.89. The molecule has 0 atom stereocenters. The molecule has 0 rings (SSSR count). The molecular formula is C9H16O. The Balaban J connectivity index is 3.36. The Bertz CT molecular complexity index is 114. The molecule has 0 amide bonds. The summed E-state index contributed by atoms with van der Waals surface area (Å²) >= 11 is 0. The average molecular weight is 140 g/mol. The number of allylic oxidation sites excluding steroid dienone is 3. The summed E-state index contributed by atoms with van der Waals surface area (Å²) in [5, 5.41) is 0. The molecule has 0 saturated heterocycles. The van der Waals surface area contributed by atoms with Gasteiger partial charge in [0.05, 0.1) is 12.4 Å². The molecular weight excluding hydrogens is 124 g/mol. The second kappa shape index (κ2) is 6.40. The fraction of sp³-hybridized carbons (Fsp3) is 0.556. The van der Waals surface area contributed by atoms with Gasteiger partial charge in [0.2, 0.25) is 0 Å². The highest BCUT2D eigenvalue weighted by molar-refractivity contribution is 4.89. The van der Waals surface area contributed by atoms with Crippen molar-refractivity contribution in [1.82, 2.24) is 0 Å². The van der Waals surface area contributed by atoms with E-state index in [2.05, 4.69) is 12.7 Å². The van der Waals surface area contributed by atoms with Crippen LogP contribution in [-0.2, 0) is 4.74 Å². The van der Waals surface area contributed by atoms with Gasteiger partial charge in [0, 0.05) is 0 Å². The van der Waals surface area contributed by atoms with E-state index in [-0.39, 0.29) is 0 Å². The molecule has 0 aliphatic rings. The minimum atomic E-state index is 0.760. The number of rotatable bonds is 5. The zero-order valence-corrected chi connectivity index (χ0v) is 6.89. The van der Waals surface area contributed by atoms with Crippen molar-refractivity contribution >= 4 is 0 Å². The maximum atomic E-state index is 5.22. The largest absolute Gasteiger partial charge is 0.499 e. The third kappa shape index (κ3) is 5.42. The fourth-order valence-electron chi connectivity index (χ4n) is 0.691. The van der Waals surface area contributed by atoms with Gasteiger partial charge >= 0.3 is 0 Å². The van der Waals surface area contributed by atoms with Crippen LogP contribution in [0.3, 0.4) is 0 Å². The Kier molecular flexibility index (Phi) is 5.94. The molecule has 0 saturated carbocycles. The summed E-state index contributed by atoms with van der Waals surface area (Å²) in [6, 6.07) is 0. The molecule has 1 nitrogen and oxygen atoms in total. The van der Waals surface area contributed by atoms with Crippen LogP contribution in [0.1, 0.15) is 26.7 Å². The van der Waals surface area contributed by atoms with Gasteiger partial charge in [-0.15, -0.1) is 6.58 Å². The molecule has 0 aliphatic heterocycles. The lowest BCUT2D eigenvalue weighted by Gasteiger charge is -2.00. The van der Waals surface area contributed by atoms with E-state index in [4.69, 9.17) is 4.74 Å². The highest BCUT2D eigenvalue weighted by Crippen LogP contribution is 1.99. The summed E-state index contributed by atoms with van der Waals surface area (Å²) < 4.78 is 5.22. The molecule has 0 radical (unpaired) electrons. The SMILES string of the molecule is C=CCC/C=C(\C)OCC. The number of hydrogen-bond donors (Lipinski definition) is 0. The molecule has 0 unspecified atom stereocenters. The third-order valence-corrected chi connectivity index (χ3v) is 1.17. The van der Waals surface area contributed by atoms with Gasteiger partial charge in [-0.05, 0) is 32.8 Å². The highest BCUT2D eigenvalue weighted by atomic mass is 16.5. The van der Waals surface area contributed by atoms with E-state index in [0.29, 0.717) is 0 Å². The molecule has 0 bridgehead atoms. The lowest BCUT2D eigenvalue weighted by Crippen LogP contribution is -1.85. The Morgan fingerprint density at radius 1 is 1.50 bits per heavy atom. The van der Waals surface area contributed by atoms with Gasteiger partial charge in [0.1, 0.15) is 0 Å². The standard InChI is InChI=1S/C9H16O/c1-4-6-7-8-9(3)10-5-2/h4,8H,1,5-7H2,2-3H3/b9-8+. The lowest BCUT2D eigenvalue weighted by molar-refractivity contribution is 0.230. The second-order valence-electron chi connectivity index (χ2n) is 2.11. The van der Waals surface area contributed by atoms with E-state index in [0.717, 1.165) is 25.2 Å². The van der Waals surface area contributed by atoms with E-state index < -0.39 is 0 Å². The normalized spacial score (nSPS) is 11.2. The van der Waals surface area contributed by atoms with E-state index in [1.807, 2.05) is 19.9 Å². The number of ether oxygens (including phenoxy) is 1. The first kappa shape index (κ1) is 9.28. The van der Waals surface area contributed by atoms with Crippen LogP contribution in [0.2, 0.25) is 0 Å². The van der Waals surface area contributed by atoms with Gasteiger partial charge in [-0.25, -0.2) is 0 Å². The molecule has 0 aromatic carbocycles. The highest BCUT2D eigenvalue weighted by Gasteiger charge is 1.84. The van der Waals surface area contributed by atoms with Gasteiger partial charge in [-0.3, -0.25) is 0 Å². The van der Waals surface area contributed by atoms with Crippen LogP contribution in [0.25, 0.3) is 0 Å². The monoisotopic (exact) mass is 140 g/mol. The minimum Gasteiger partial charge on any atom is -0.499 e. The number of hydrogen-bond acceptors (Lipinski definition) is 1. The molecule has 0 spiro atoms. The fourth-order valence-corrected chi connectivity index (χ4v) is 0.691. The Labute approximate surface area is 63.4 Å². The lowest BCUT2D eigenvalue weighted by atomic mass is 10.3. The van der Waals surface area contributed by atoms with Crippen LogP contribution in [0.5, 0.6) is 0 Å². The molecule has 0 N–H and O–H groups in total. The van der Waals surface area contributed by atoms with Crippen molar-refractivity contribution in [2.24, 2.45) is 0 Å². The Hall–Kier alpha value is -0.720. The average Bonchev–Trinajstić information content (AvgIpc) is 1.89. The van der Waals surface area contributed by atoms with Crippen molar-refractivity contribution in [2.75, 3.05) is 6.61 Å². The van der Waals surface area contributed by atoms with Gasteiger partial charge in [-0.1, -0.05) is 6.08 Å². The number of unbranched alkanes of at least 4 members (excludes halogenated alkanes) is 1. The molecule has 0 heterocycles. The zero-order valence-electron chi connectivity index (χ0n) is 6.89. The van der Waals surface area contributed by atoms with Gasteiger partial charge in [0.25, 0.3) is 0 Å². The van der Waals surface area contributed by atoms with Gasteiger partial charge in [0.15, 0.2) is 0 Å². The van der Waals surface area contributed by atoms with E-state index in [1.54, 1.807) is 0 Å². The summed E-state index contributed by atoms with van der Waals surface area (Å²) in [4.78, 5) is 0. The van der Waals surface area contributed by atoms with Gasteiger partial charge in [-0.2, -0.15) is 0 Å². The first-order chi connectivity index (χ1) is 4.81. The van der Waals surface area contributed by atoms with Crippen LogP contribution in [0, 0.1) is 0 Å². The van der Waals surface area contributed by atoms with Gasteiger partial charge < -0.3 is 4.74 Å². The van der Waals surface area contributed by atoms with E-state index in [1.165, 1.54) is 0 Å². The van der Waals surface area contributed by atoms with Crippen LogP contribution in [0.4, 0.5) is 0 Å². The molecule has 58 valence electrons. The van der Waals surface area contributed by atoms with E-state index >= 15 is 0 Å². The summed E-state index contributed by atoms with van der Waals surface area (Å²) in [5.41, 5.74) is 0. The molecule has 0 fully saturated rings. The van der Waals surface area contributed by atoms with Crippen molar-refractivity contribution in [1.29, 1.82) is 0 Å². The molecule has 0 aliphatic carbocycles. The quantitative estimate of drug-likeness (QED) is 0.324. The van der Waals surface area contributed by atoms with Crippen molar-refractivity contribution < 1.29 is 4.74 Å².